The lowest BCUT2D eigenvalue weighted by Gasteiger charge is -2.18. The predicted octanol–water partition coefficient (Wildman–Crippen LogP) is -0.871. The highest BCUT2D eigenvalue weighted by Gasteiger charge is 2.23. The third-order valence-corrected chi connectivity index (χ3v) is 2.78. The number of nitrogens with zero attached hydrogens (tertiary/aromatic N) is 1. The molecule has 0 aromatic rings. The number of carbonyl (C=O) groups excluding carboxylic acids is 2. The standard InChI is InChI=1S/C13H24N6O4/c1-7(2)10(11(22)23)16-8(20)5-6-9(21)17-12(14)18-13(15)19(3)4/h7,10H,5-6H2,1-4H3,(H,16,20)(H,22,23)(H4,14,15,17,18,21)/t10-/m0/s1. The average Bonchev–Trinajstić information content (AvgIpc) is 2.41. The van der Waals surface area contributed by atoms with E-state index in [0.29, 0.717) is 0 Å². The van der Waals surface area contributed by atoms with Crippen molar-refractivity contribution in [1.82, 2.24) is 20.9 Å². The minimum absolute atomic E-state index is 0.0747. The molecule has 0 heterocycles. The Balaban J connectivity index is 4.23. The molecule has 0 bridgehead atoms. The van der Waals surface area contributed by atoms with Crippen molar-refractivity contribution >= 4 is 29.7 Å². The van der Waals surface area contributed by atoms with Crippen molar-refractivity contribution in [3.8, 4) is 0 Å². The van der Waals surface area contributed by atoms with Crippen molar-refractivity contribution in [3.63, 3.8) is 0 Å². The van der Waals surface area contributed by atoms with E-state index in [1.807, 2.05) is 0 Å². The van der Waals surface area contributed by atoms with Crippen LogP contribution in [0.1, 0.15) is 26.7 Å². The highest BCUT2D eigenvalue weighted by Crippen LogP contribution is 2.02. The van der Waals surface area contributed by atoms with Gasteiger partial charge in [0.15, 0.2) is 5.96 Å². The van der Waals surface area contributed by atoms with E-state index in [2.05, 4.69) is 16.0 Å². The van der Waals surface area contributed by atoms with Crippen LogP contribution in [0.3, 0.4) is 0 Å². The summed E-state index contributed by atoms with van der Waals surface area (Å²) in [6, 6.07) is -1.01. The first-order valence-corrected chi connectivity index (χ1v) is 6.98. The molecule has 0 unspecified atom stereocenters. The maximum atomic E-state index is 11.7. The molecule has 130 valence electrons. The molecule has 0 aromatic carbocycles. The topological polar surface area (TPSA) is 158 Å². The second-order valence-corrected chi connectivity index (χ2v) is 5.42. The van der Waals surface area contributed by atoms with E-state index in [-0.39, 0.29) is 30.7 Å². The molecule has 0 aliphatic carbocycles. The van der Waals surface area contributed by atoms with E-state index in [1.165, 1.54) is 4.90 Å². The van der Waals surface area contributed by atoms with Crippen molar-refractivity contribution < 1.29 is 19.5 Å². The first-order valence-electron chi connectivity index (χ1n) is 6.98. The Morgan fingerprint density at radius 3 is 2.00 bits per heavy atom. The molecule has 10 nitrogen and oxygen atoms in total. The van der Waals surface area contributed by atoms with Gasteiger partial charge in [0.05, 0.1) is 0 Å². The van der Waals surface area contributed by atoms with E-state index in [9.17, 15) is 14.4 Å². The molecule has 0 aliphatic rings. The van der Waals surface area contributed by atoms with Crippen LogP contribution in [0.15, 0.2) is 0 Å². The first kappa shape index (κ1) is 20.3. The van der Waals surface area contributed by atoms with E-state index >= 15 is 0 Å². The Kier molecular flexibility index (Phi) is 8.30. The van der Waals surface area contributed by atoms with Gasteiger partial charge in [0.1, 0.15) is 6.04 Å². The third kappa shape index (κ3) is 8.39. The number of guanidine groups is 2. The summed E-state index contributed by atoms with van der Waals surface area (Å²) in [5.41, 5.74) is 0. The Morgan fingerprint density at radius 1 is 1.04 bits per heavy atom. The molecule has 0 fully saturated rings. The van der Waals surface area contributed by atoms with E-state index in [4.69, 9.17) is 15.9 Å². The molecule has 0 saturated carbocycles. The number of carboxylic acids is 1. The largest absolute Gasteiger partial charge is 0.480 e. The fraction of sp³-hybridized carbons (Fsp3) is 0.615. The highest BCUT2D eigenvalue weighted by atomic mass is 16.4. The van der Waals surface area contributed by atoms with Gasteiger partial charge < -0.3 is 15.3 Å². The van der Waals surface area contributed by atoms with Crippen LogP contribution in [0.5, 0.6) is 0 Å². The Bertz CT molecular complexity index is 489. The molecule has 23 heavy (non-hydrogen) atoms. The smallest absolute Gasteiger partial charge is 0.326 e. The third-order valence-electron chi connectivity index (χ3n) is 2.78. The maximum absolute atomic E-state index is 11.7. The van der Waals surface area contributed by atoms with Gasteiger partial charge in [0.2, 0.25) is 17.8 Å². The lowest BCUT2D eigenvalue weighted by atomic mass is 10.0. The minimum atomic E-state index is -1.13. The summed E-state index contributed by atoms with van der Waals surface area (Å²) in [6.45, 7) is 3.33. The molecule has 1 atom stereocenters. The van der Waals surface area contributed by atoms with Gasteiger partial charge in [-0.05, 0) is 5.92 Å². The summed E-state index contributed by atoms with van der Waals surface area (Å²) in [5, 5.41) is 30.8. The predicted molar refractivity (Wildman–Crippen MR) is 84.1 cm³/mol. The zero-order valence-corrected chi connectivity index (χ0v) is 13.7. The molecular formula is C13H24N6O4. The fourth-order valence-corrected chi connectivity index (χ4v) is 1.45. The van der Waals surface area contributed by atoms with E-state index in [0.717, 1.165) is 0 Å². The lowest BCUT2D eigenvalue weighted by Crippen LogP contribution is -2.47. The zero-order chi connectivity index (χ0) is 18.2. The molecule has 6 N–H and O–H groups in total. The SMILES string of the molecule is CC(C)[C@H](NC(=O)CCC(=O)NC(=N)NC(=N)N(C)C)C(=O)O. The van der Waals surface area contributed by atoms with E-state index < -0.39 is 23.8 Å². The van der Waals surface area contributed by atoms with Crippen LogP contribution in [0, 0.1) is 16.7 Å². The minimum Gasteiger partial charge on any atom is -0.480 e. The number of nitrogens with one attached hydrogen (secondary N) is 5. The van der Waals surface area contributed by atoms with Crippen molar-refractivity contribution in [2.24, 2.45) is 5.92 Å². The molecular weight excluding hydrogens is 304 g/mol. The Hall–Kier alpha value is -2.65. The van der Waals surface area contributed by atoms with Gasteiger partial charge in [-0.2, -0.15) is 0 Å². The second-order valence-electron chi connectivity index (χ2n) is 5.42. The van der Waals surface area contributed by atoms with Crippen molar-refractivity contribution in [3.05, 3.63) is 0 Å². The fourth-order valence-electron chi connectivity index (χ4n) is 1.45. The molecule has 0 saturated heterocycles. The quantitative estimate of drug-likeness (QED) is 0.275. The van der Waals surface area contributed by atoms with E-state index in [1.54, 1.807) is 27.9 Å². The summed E-state index contributed by atoms with van der Waals surface area (Å²) in [5.74, 6) is -3.00. The van der Waals surface area contributed by atoms with Crippen LogP contribution in [0.25, 0.3) is 0 Å². The summed E-state index contributed by atoms with van der Waals surface area (Å²) in [4.78, 5) is 35.6. The molecule has 2 amide bonds. The van der Waals surface area contributed by atoms with Crippen LogP contribution in [-0.2, 0) is 14.4 Å². The number of carboxylic acid groups (broad SMARTS) is 1. The zero-order valence-electron chi connectivity index (χ0n) is 13.7. The van der Waals surface area contributed by atoms with Crippen LogP contribution in [0.2, 0.25) is 0 Å². The van der Waals surface area contributed by atoms with Crippen LogP contribution < -0.4 is 16.0 Å². The van der Waals surface area contributed by atoms with Gasteiger partial charge in [-0.3, -0.25) is 31.0 Å². The number of carbonyl (C=O) groups is 3. The molecule has 0 aromatic heterocycles. The number of hydrogen-bond donors (Lipinski definition) is 6. The van der Waals surface area contributed by atoms with Crippen molar-refractivity contribution in [1.29, 1.82) is 10.8 Å². The lowest BCUT2D eigenvalue weighted by molar-refractivity contribution is -0.143. The van der Waals surface area contributed by atoms with Gasteiger partial charge in [-0.25, -0.2) is 4.79 Å². The van der Waals surface area contributed by atoms with Gasteiger partial charge in [0.25, 0.3) is 0 Å². The number of amides is 2. The summed E-state index contributed by atoms with van der Waals surface area (Å²) in [6.07, 6.45) is -0.392. The number of hydrogen-bond acceptors (Lipinski definition) is 5. The second kappa shape index (κ2) is 9.38. The molecule has 0 rings (SSSR count). The van der Waals surface area contributed by atoms with Gasteiger partial charge in [-0.1, -0.05) is 13.8 Å². The highest BCUT2D eigenvalue weighted by molar-refractivity contribution is 6.03. The average molecular weight is 328 g/mol. The molecule has 0 radical (unpaired) electrons. The van der Waals surface area contributed by atoms with Crippen LogP contribution in [-0.4, -0.2) is 59.8 Å². The molecule has 10 heteroatoms. The summed E-state index contributed by atoms with van der Waals surface area (Å²) in [7, 11) is 3.20. The van der Waals surface area contributed by atoms with Crippen molar-refractivity contribution in [2.75, 3.05) is 14.1 Å². The first-order chi connectivity index (χ1) is 10.5. The summed E-state index contributed by atoms with van der Waals surface area (Å²) >= 11 is 0. The number of rotatable bonds is 6. The van der Waals surface area contributed by atoms with Crippen molar-refractivity contribution in [2.45, 2.75) is 32.7 Å². The molecule has 0 aliphatic heterocycles. The van der Waals surface area contributed by atoms with Crippen LogP contribution >= 0.6 is 0 Å². The Labute approximate surface area is 134 Å². The Morgan fingerprint density at radius 2 is 1.57 bits per heavy atom. The summed E-state index contributed by atoms with van der Waals surface area (Å²) < 4.78 is 0. The van der Waals surface area contributed by atoms with Crippen LogP contribution in [0.4, 0.5) is 0 Å². The normalized spacial score (nSPS) is 11.3. The van der Waals surface area contributed by atoms with Gasteiger partial charge >= 0.3 is 5.97 Å². The maximum Gasteiger partial charge on any atom is 0.326 e. The molecule has 0 spiro atoms. The van der Waals surface area contributed by atoms with Gasteiger partial charge in [-0.15, -0.1) is 0 Å². The monoisotopic (exact) mass is 328 g/mol. The van der Waals surface area contributed by atoms with Gasteiger partial charge in [0, 0.05) is 26.9 Å². The number of aliphatic carboxylic acids is 1.